The predicted octanol–water partition coefficient (Wildman–Crippen LogP) is 4.68. The quantitative estimate of drug-likeness (QED) is 0.708. The lowest BCUT2D eigenvalue weighted by molar-refractivity contribution is 0.0378. The fourth-order valence-corrected chi connectivity index (χ4v) is 2.38. The van der Waals surface area contributed by atoms with Crippen molar-refractivity contribution in [1.29, 1.82) is 0 Å². The third kappa shape index (κ3) is 3.35. The number of esters is 1. The van der Waals surface area contributed by atoms with E-state index in [1.807, 2.05) is 19.9 Å². The number of nitrogens with one attached hydrogen (secondary N) is 1. The maximum absolute atomic E-state index is 13.8. The maximum atomic E-state index is 13.8. The van der Waals surface area contributed by atoms with Gasteiger partial charge in [0, 0.05) is 23.0 Å². The minimum atomic E-state index is -0.358. The molecule has 0 fully saturated rings. The monoisotopic (exact) mass is 324 g/mol. The van der Waals surface area contributed by atoms with Crippen LogP contribution in [0.4, 0.5) is 15.8 Å². The Bertz CT molecular complexity index is 876. The average Bonchev–Trinajstić information content (AvgIpc) is 2.56. The first-order valence-electron chi connectivity index (χ1n) is 7.66. The average molecular weight is 324 g/mol. The van der Waals surface area contributed by atoms with Crippen LogP contribution < -0.4 is 5.32 Å². The Hall–Kier alpha value is -2.95. The summed E-state index contributed by atoms with van der Waals surface area (Å²) >= 11 is 0. The fourth-order valence-electron chi connectivity index (χ4n) is 2.38. The van der Waals surface area contributed by atoms with Gasteiger partial charge in [-0.25, -0.2) is 9.18 Å². The summed E-state index contributed by atoms with van der Waals surface area (Å²) in [6, 6.07) is 13.6. The second kappa shape index (κ2) is 6.66. The number of fused-ring (bicyclic) bond motifs is 1. The van der Waals surface area contributed by atoms with E-state index in [1.54, 1.807) is 42.6 Å². The normalized spacial score (nSPS) is 10.8. The number of hydrogen-bond acceptors (Lipinski definition) is 4. The summed E-state index contributed by atoms with van der Waals surface area (Å²) in [6.45, 7) is 3.61. The Morgan fingerprint density at radius 2 is 1.88 bits per heavy atom. The van der Waals surface area contributed by atoms with Crippen molar-refractivity contribution in [1.82, 2.24) is 4.98 Å². The highest BCUT2D eigenvalue weighted by Gasteiger charge is 2.10. The van der Waals surface area contributed by atoms with Gasteiger partial charge in [-0.15, -0.1) is 0 Å². The number of aromatic nitrogens is 1. The van der Waals surface area contributed by atoms with E-state index in [0.29, 0.717) is 16.5 Å². The molecule has 122 valence electrons. The molecule has 0 bridgehead atoms. The molecule has 3 rings (SSSR count). The van der Waals surface area contributed by atoms with Crippen LogP contribution in [0.3, 0.4) is 0 Å². The molecule has 1 heterocycles. The summed E-state index contributed by atoms with van der Waals surface area (Å²) in [5.74, 6) is -0.712. The molecule has 1 N–H and O–H groups in total. The van der Waals surface area contributed by atoms with Crippen LogP contribution in [0, 0.1) is 5.82 Å². The number of halogens is 1. The molecular weight excluding hydrogens is 307 g/mol. The molecule has 0 aliphatic rings. The Balaban J connectivity index is 1.85. The highest BCUT2D eigenvalue weighted by molar-refractivity contribution is 5.93. The molecule has 24 heavy (non-hydrogen) atoms. The first kappa shape index (κ1) is 15.9. The van der Waals surface area contributed by atoms with Crippen molar-refractivity contribution in [3.8, 4) is 0 Å². The van der Waals surface area contributed by atoms with Gasteiger partial charge in [-0.05, 0) is 50.2 Å². The van der Waals surface area contributed by atoms with Gasteiger partial charge in [-0.1, -0.05) is 12.1 Å². The van der Waals surface area contributed by atoms with Crippen LogP contribution in [0.5, 0.6) is 0 Å². The molecule has 4 nitrogen and oxygen atoms in total. The Morgan fingerprint density at radius 3 is 2.58 bits per heavy atom. The van der Waals surface area contributed by atoms with Gasteiger partial charge in [0.15, 0.2) is 0 Å². The number of benzene rings is 2. The van der Waals surface area contributed by atoms with E-state index >= 15 is 0 Å². The second-order valence-corrected chi connectivity index (χ2v) is 5.65. The van der Waals surface area contributed by atoms with Gasteiger partial charge in [-0.2, -0.15) is 0 Å². The summed E-state index contributed by atoms with van der Waals surface area (Å²) in [5, 5.41) is 3.92. The number of nitrogens with zero attached hydrogens (tertiary/aromatic N) is 1. The van der Waals surface area contributed by atoms with Gasteiger partial charge in [0.05, 0.1) is 11.7 Å². The number of pyridine rings is 1. The zero-order valence-electron chi connectivity index (χ0n) is 13.4. The zero-order chi connectivity index (χ0) is 17.1. The minimum absolute atomic E-state index is 0.159. The SMILES string of the molecule is CC(C)OC(=O)c1ccc(Nc2ccnc3c(F)cccc23)cc1. The predicted molar refractivity (Wildman–Crippen MR) is 92.0 cm³/mol. The van der Waals surface area contributed by atoms with Gasteiger partial charge >= 0.3 is 5.97 Å². The van der Waals surface area contributed by atoms with Crippen LogP contribution in [0.2, 0.25) is 0 Å². The standard InChI is InChI=1S/C19H17FN2O2/c1-12(2)24-19(23)13-6-8-14(9-7-13)22-17-10-11-21-18-15(17)4-3-5-16(18)20/h3-12H,1-2H3,(H,21,22). The fraction of sp³-hybridized carbons (Fsp3) is 0.158. The number of carbonyl (C=O) groups excluding carboxylic acids is 1. The molecule has 0 saturated carbocycles. The second-order valence-electron chi connectivity index (χ2n) is 5.65. The van der Waals surface area contributed by atoms with Crippen LogP contribution in [-0.2, 0) is 4.74 Å². The Morgan fingerprint density at radius 1 is 1.12 bits per heavy atom. The number of ether oxygens (including phenoxy) is 1. The molecule has 0 radical (unpaired) electrons. The zero-order valence-corrected chi connectivity index (χ0v) is 13.4. The van der Waals surface area contributed by atoms with Crippen molar-refractivity contribution < 1.29 is 13.9 Å². The first-order chi connectivity index (χ1) is 11.5. The van der Waals surface area contributed by atoms with Gasteiger partial charge in [0.25, 0.3) is 0 Å². The molecule has 1 aromatic heterocycles. The van der Waals surface area contributed by atoms with E-state index in [-0.39, 0.29) is 17.9 Å². The maximum Gasteiger partial charge on any atom is 0.338 e. The van der Waals surface area contributed by atoms with E-state index in [4.69, 9.17) is 4.74 Å². The molecule has 0 aliphatic carbocycles. The van der Waals surface area contributed by atoms with Gasteiger partial charge in [0.1, 0.15) is 11.3 Å². The summed E-state index contributed by atoms with van der Waals surface area (Å²) in [5.41, 5.74) is 2.34. The highest BCUT2D eigenvalue weighted by atomic mass is 19.1. The van der Waals surface area contributed by atoms with Gasteiger partial charge < -0.3 is 10.1 Å². The van der Waals surface area contributed by atoms with Crippen molar-refractivity contribution in [2.24, 2.45) is 0 Å². The molecule has 2 aromatic carbocycles. The van der Waals surface area contributed by atoms with E-state index < -0.39 is 0 Å². The van der Waals surface area contributed by atoms with Crippen molar-refractivity contribution >= 4 is 28.2 Å². The molecule has 0 saturated heterocycles. The highest BCUT2D eigenvalue weighted by Crippen LogP contribution is 2.26. The number of para-hydroxylation sites is 1. The number of hydrogen-bond donors (Lipinski definition) is 1. The lowest BCUT2D eigenvalue weighted by atomic mass is 10.1. The topological polar surface area (TPSA) is 51.2 Å². The number of anilines is 2. The molecular formula is C19H17FN2O2. The Kier molecular flexibility index (Phi) is 4.42. The smallest absolute Gasteiger partial charge is 0.338 e. The molecule has 0 aliphatic heterocycles. The van der Waals surface area contributed by atoms with Crippen molar-refractivity contribution in [2.75, 3.05) is 5.32 Å². The summed E-state index contributed by atoms with van der Waals surface area (Å²) in [6.07, 6.45) is 1.40. The van der Waals surface area contributed by atoms with E-state index in [1.165, 1.54) is 6.07 Å². The van der Waals surface area contributed by atoms with Gasteiger partial charge in [-0.3, -0.25) is 4.98 Å². The third-order valence-electron chi connectivity index (χ3n) is 3.46. The van der Waals surface area contributed by atoms with E-state index in [2.05, 4.69) is 10.3 Å². The third-order valence-corrected chi connectivity index (χ3v) is 3.46. The van der Waals surface area contributed by atoms with Crippen LogP contribution >= 0.6 is 0 Å². The van der Waals surface area contributed by atoms with Gasteiger partial charge in [0.2, 0.25) is 0 Å². The molecule has 3 aromatic rings. The van der Waals surface area contributed by atoms with Crippen LogP contribution in [0.25, 0.3) is 10.9 Å². The number of carbonyl (C=O) groups is 1. The summed E-state index contributed by atoms with van der Waals surface area (Å²) in [7, 11) is 0. The van der Waals surface area contributed by atoms with Crippen molar-refractivity contribution in [3.05, 3.63) is 66.1 Å². The summed E-state index contributed by atoms with van der Waals surface area (Å²) < 4.78 is 19.0. The minimum Gasteiger partial charge on any atom is -0.459 e. The Labute approximate surface area is 139 Å². The summed E-state index contributed by atoms with van der Waals surface area (Å²) in [4.78, 5) is 15.9. The van der Waals surface area contributed by atoms with E-state index in [0.717, 1.165) is 11.4 Å². The molecule has 0 spiro atoms. The largest absolute Gasteiger partial charge is 0.459 e. The lowest BCUT2D eigenvalue weighted by Gasteiger charge is -2.11. The van der Waals surface area contributed by atoms with Crippen LogP contribution in [0.1, 0.15) is 24.2 Å². The van der Waals surface area contributed by atoms with E-state index in [9.17, 15) is 9.18 Å². The molecule has 0 unspecified atom stereocenters. The van der Waals surface area contributed by atoms with Crippen molar-refractivity contribution in [3.63, 3.8) is 0 Å². The number of rotatable bonds is 4. The molecule has 5 heteroatoms. The van der Waals surface area contributed by atoms with Crippen LogP contribution in [-0.4, -0.2) is 17.1 Å². The molecule has 0 atom stereocenters. The van der Waals surface area contributed by atoms with Crippen LogP contribution in [0.15, 0.2) is 54.7 Å². The molecule has 0 amide bonds. The van der Waals surface area contributed by atoms with Crippen molar-refractivity contribution in [2.45, 2.75) is 20.0 Å². The first-order valence-corrected chi connectivity index (χ1v) is 7.66. The lowest BCUT2D eigenvalue weighted by Crippen LogP contribution is -2.11.